The van der Waals surface area contributed by atoms with Crippen LogP contribution in [0.4, 0.5) is 0 Å². The van der Waals surface area contributed by atoms with Crippen LogP contribution < -0.4 is 4.74 Å². The molecule has 102 valence electrons. The maximum absolute atomic E-state index is 10.4. The molecule has 0 bridgehead atoms. The second kappa shape index (κ2) is 5.73. The summed E-state index contributed by atoms with van der Waals surface area (Å²) in [6.45, 7) is 4.57. The van der Waals surface area contributed by atoms with E-state index in [0.717, 1.165) is 22.6 Å². The third kappa shape index (κ3) is 3.47. The van der Waals surface area contributed by atoms with Gasteiger partial charge in [0.1, 0.15) is 11.6 Å². The molecule has 19 heavy (non-hydrogen) atoms. The maximum Gasteiger partial charge on any atom is 0.303 e. The molecule has 0 saturated heterocycles. The highest BCUT2D eigenvalue weighted by molar-refractivity contribution is 5.76. The highest BCUT2D eigenvalue weighted by atomic mass is 16.5. The average molecular weight is 262 g/mol. The van der Waals surface area contributed by atoms with Gasteiger partial charge in [-0.3, -0.25) is 4.79 Å². The van der Waals surface area contributed by atoms with Crippen LogP contribution in [-0.4, -0.2) is 27.7 Å². The molecular formula is C14H18N2O3. The Kier molecular flexibility index (Phi) is 4.04. The fourth-order valence-electron chi connectivity index (χ4n) is 1.79. The summed E-state index contributed by atoms with van der Waals surface area (Å²) in [5.41, 5.74) is 1.86. The molecule has 0 fully saturated rings. The SMILES string of the molecule is CC(C)c1nc2ccc(OCCCC(=O)O)cc2[nH]1. The van der Waals surface area contributed by atoms with E-state index in [1.165, 1.54) is 0 Å². The lowest BCUT2D eigenvalue weighted by atomic mass is 10.2. The van der Waals surface area contributed by atoms with Crippen molar-refractivity contribution >= 4 is 17.0 Å². The van der Waals surface area contributed by atoms with E-state index in [-0.39, 0.29) is 6.42 Å². The summed E-state index contributed by atoms with van der Waals surface area (Å²) in [5, 5.41) is 8.54. The summed E-state index contributed by atoms with van der Waals surface area (Å²) in [4.78, 5) is 18.1. The minimum Gasteiger partial charge on any atom is -0.494 e. The van der Waals surface area contributed by atoms with Crippen LogP contribution in [0.5, 0.6) is 5.75 Å². The van der Waals surface area contributed by atoms with Crippen molar-refractivity contribution in [1.29, 1.82) is 0 Å². The lowest BCUT2D eigenvalue weighted by Crippen LogP contribution is -2.01. The van der Waals surface area contributed by atoms with Crippen molar-refractivity contribution in [3.8, 4) is 5.75 Å². The van der Waals surface area contributed by atoms with E-state index in [4.69, 9.17) is 9.84 Å². The van der Waals surface area contributed by atoms with Gasteiger partial charge in [-0.2, -0.15) is 0 Å². The Labute approximate surface area is 111 Å². The summed E-state index contributed by atoms with van der Waals surface area (Å²) < 4.78 is 5.52. The molecule has 2 rings (SSSR count). The van der Waals surface area contributed by atoms with Crippen molar-refractivity contribution in [3.63, 3.8) is 0 Å². The Morgan fingerprint density at radius 2 is 2.26 bits per heavy atom. The number of hydrogen-bond acceptors (Lipinski definition) is 3. The minimum atomic E-state index is -0.797. The number of ether oxygens (including phenoxy) is 1. The molecule has 1 aromatic heterocycles. The zero-order chi connectivity index (χ0) is 13.8. The van der Waals surface area contributed by atoms with Gasteiger partial charge in [-0.25, -0.2) is 4.98 Å². The van der Waals surface area contributed by atoms with Gasteiger partial charge in [-0.15, -0.1) is 0 Å². The second-order valence-corrected chi connectivity index (χ2v) is 4.80. The molecule has 0 aliphatic heterocycles. The third-order valence-electron chi connectivity index (χ3n) is 2.82. The summed E-state index contributed by atoms with van der Waals surface area (Å²) in [6.07, 6.45) is 0.636. The molecule has 0 aliphatic carbocycles. The average Bonchev–Trinajstić information content (AvgIpc) is 2.77. The third-order valence-corrected chi connectivity index (χ3v) is 2.82. The van der Waals surface area contributed by atoms with Crippen LogP contribution in [0.25, 0.3) is 11.0 Å². The molecule has 2 aromatic rings. The molecule has 0 radical (unpaired) electrons. The Morgan fingerprint density at radius 3 is 2.95 bits per heavy atom. The quantitative estimate of drug-likeness (QED) is 0.785. The molecule has 5 nitrogen and oxygen atoms in total. The van der Waals surface area contributed by atoms with Crippen LogP contribution >= 0.6 is 0 Å². The number of aliphatic carboxylic acids is 1. The number of imidazole rings is 1. The number of rotatable bonds is 6. The lowest BCUT2D eigenvalue weighted by molar-refractivity contribution is -0.137. The number of carbonyl (C=O) groups is 1. The van der Waals surface area contributed by atoms with Crippen molar-refractivity contribution in [3.05, 3.63) is 24.0 Å². The number of carboxylic acid groups (broad SMARTS) is 1. The molecule has 1 heterocycles. The van der Waals surface area contributed by atoms with Gasteiger partial charge in [-0.05, 0) is 18.6 Å². The molecule has 1 aromatic carbocycles. The van der Waals surface area contributed by atoms with Crippen molar-refractivity contribution in [2.24, 2.45) is 0 Å². The summed E-state index contributed by atoms with van der Waals surface area (Å²) in [6, 6.07) is 5.66. The Morgan fingerprint density at radius 1 is 1.47 bits per heavy atom. The molecule has 0 atom stereocenters. The number of H-pyrrole nitrogens is 1. The van der Waals surface area contributed by atoms with E-state index >= 15 is 0 Å². The standard InChI is InChI=1S/C14H18N2O3/c1-9(2)14-15-11-6-5-10(8-12(11)16-14)19-7-3-4-13(17)18/h5-6,8-9H,3-4,7H2,1-2H3,(H,15,16)(H,17,18). The largest absolute Gasteiger partial charge is 0.494 e. The van der Waals surface area contributed by atoms with E-state index in [9.17, 15) is 4.79 Å². The van der Waals surface area contributed by atoms with Gasteiger partial charge < -0.3 is 14.8 Å². The van der Waals surface area contributed by atoms with Crippen LogP contribution in [0.15, 0.2) is 18.2 Å². The summed E-state index contributed by atoms with van der Waals surface area (Å²) >= 11 is 0. The second-order valence-electron chi connectivity index (χ2n) is 4.80. The van der Waals surface area contributed by atoms with E-state index in [1.807, 2.05) is 18.2 Å². The van der Waals surface area contributed by atoms with Gasteiger partial charge in [0, 0.05) is 18.4 Å². The molecule has 0 aliphatic rings. The first-order chi connectivity index (χ1) is 9.06. The molecule has 0 spiro atoms. The van der Waals surface area contributed by atoms with Crippen molar-refractivity contribution in [1.82, 2.24) is 9.97 Å². The predicted molar refractivity (Wildman–Crippen MR) is 72.5 cm³/mol. The van der Waals surface area contributed by atoms with Gasteiger partial charge in [0.05, 0.1) is 17.6 Å². The number of benzene rings is 1. The number of nitrogens with zero attached hydrogens (tertiary/aromatic N) is 1. The van der Waals surface area contributed by atoms with Crippen LogP contribution in [0.2, 0.25) is 0 Å². The van der Waals surface area contributed by atoms with Gasteiger partial charge in [0.15, 0.2) is 0 Å². The van der Waals surface area contributed by atoms with E-state index in [1.54, 1.807) is 0 Å². The number of aromatic amines is 1. The normalized spacial score (nSPS) is 11.1. The van der Waals surface area contributed by atoms with E-state index in [2.05, 4.69) is 23.8 Å². The first-order valence-electron chi connectivity index (χ1n) is 6.40. The van der Waals surface area contributed by atoms with Crippen LogP contribution in [0, 0.1) is 0 Å². The van der Waals surface area contributed by atoms with Crippen LogP contribution in [0.1, 0.15) is 38.4 Å². The maximum atomic E-state index is 10.4. The first kappa shape index (κ1) is 13.4. The van der Waals surface area contributed by atoms with Crippen molar-refractivity contribution < 1.29 is 14.6 Å². The zero-order valence-electron chi connectivity index (χ0n) is 11.1. The van der Waals surface area contributed by atoms with Gasteiger partial charge in [-0.1, -0.05) is 13.8 Å². The molecule has 2 N–H and O–H groups in total. The lowest BCUT2D eigenvalue weighted by Gasteiger charge is -2.04. The number of aromatic nitrogens is 2. The highest BCUT2D eigenvalue weighted by Gasteiger charge is 2.07. The van der Waals surface area contributed by atoms with Crippen molar-refractivity contribution in [2.45, 2.75) is 32.6 Å². The number of nitrogens with one attached hydrogen (secondary N) is 1. The van der Waals surface area contributed by atoms with Crippen molar-refractivity contribution in [2.75, 3.05) is 6.61 Å². The zero-order valence-corrected chi connectivity index (χ0v) is 11.1. The molecule has 5 heteroatoms. The fraction of sp³-hybridized carbons (Fsp3) is 0.429. The molecule has 0 saturated carbocycles. The predicted octanol–water partition coefficient (Wildman–Crippen LogP) is 2.93. The Bertz CT molecular complexity index is 575. The smallest absolute Gasteiger partial charge is 0.303 e. The molecular weight excluding hydrogens is 244 g/mol. The van der Waals surface area contributed by atoms with Gasteiger partial charge >= 0.3 is 5.97 Å². The monoisotopic (exact) mass is 262 g/mol. The van der Waals surface area contributed by atoms with Gasteiger partial charge in [0.2, 0.25) is 0 Å². The molecule has 0 unspecified atom stereocenters. The molecule has 0 amide bonds. The number of hydrogen-bond donors (Lipinski definition) is 2. The minimum absolute atomic E-state index is 0.129. The summed E-state index contributed by atoms with van der Waals surface area (Å²) in [7, 11) is 0. The van der Waals surface area contributed by atoms with E-state index in [0.29, 0.717) is 18.9 Å². The highest BCUT2D eigenvalue weighted by Crippen LogP contribution is 2.21. The van der Waals surface area contributed by atoms with Crippen LogP contribution in [0.3, 0.4) is 0 Å². The topological polar surface area (TPSA) is 75.2 Å². The van der Waals surface area contributed by atoms with E-state index < -0.39 is 5.97 Å². The van der Waals surface area contributed by atoms with Gasteiger partial charge in [0.25, 0.3) is 0 Å². The fourth-order valence-corrected chi connectivity index (χ4v) is 1.79. The summed E-state index contributed by atoms with van der Waals surface area (Å²) in [5.74, 6) is 1.25. The Hall–Kier alpha value is -2.04. The number of carboxylic acids is 1. The first-order valence-corrected chi connectivity index (χ1v) is 6.40. The Balaban J connectivity index is 2.02. The number of fused-ring (bicyclic) bond motifs is 1. The van der Waals surface area contributed by atoms with Crippen LogP contribution in [-0.2, 0) is 4.79 Å².